The topological polar surface area (TPSA) is 228 Å². The predicted molar refractivity (Wildman–Crippen MR) is 395 cm³/mol. The molecule has 10 aromatic rings. The SMILES string of the molecule is C=CCOCCc1ccc(Nc2ccc(Nc3ccc(CCOCC=C)cc3)c3c2C(=O)c2ccccc2C3=O)cc1.C=CCOCCc1ccc(Nc2ccc(O)c3c2C(=O)c2ccccc2C3=O)cc1.C=CCOCc1ccc(Nc2ccc(O)c3c2C(=O)c2ccccc2C3=O)cc1. The van der Waals surface area contributed by atoms with Gasteiger partial charge in [-0.3, -0.25) is 28.8 Å². The molecule has 0 fully saturated rings. The third kappa shape index (κ3) is 16.4. The summed E-state index contributed by atoms with van der Waals surface area (Å²) in [6.45, 7) is 19.0. The maximum absolute atomic E-state index is 13.8. The largest absolute Gasteiger partial charge is 0.507 e. The van der Waals surface area contributed by atoms with Crippen molar-refractivity contribution in [1.29, 1.82) is 0 Å². The summed E-state index contributed by atoms with van der Waals surface area (Å²) < 4.78 is 21.8. The second-order valence-electron chi connectivity index (χ2n) is 23.7. The van der Waals surface area contributed by atoms with E-state index in [1.165, 1.54) is 12.1 Å². The van der Waals surface area contributed by atoms with Crippen LogP contribution in [0.1, 0.15) is 118 Å². The molecule has 0 unspecified atom stereocenters. The van der Waals surface area contributed by atoms with Gasteiger partial charge in [-0.2, -0.15) is 0 Å². The van der Waals surface area contributed by atoms with Crippen LogP contribution in [0.5, 0.6) is 11.5 Å². The average Bonchev–Trinajstić information content (AvgIpc) is 0.756. The minimum atomic E-state index is -0.355. The van der Waals surface area contributed by atoms with Crippen molar-refractivity contribution >= 4 is 80.2 Å². The Labute approximate surface area is 586 Å². The maximum Gasteiger partial charge on any atom is 0.198 e. The highest BCUT2D eigenvalue weighted by atomic mass is 16.5. The van der Waals surface area contributed by atoms with Crippen molar-refractivity contribution in [1.82, 2.24) is 0 Å². The molecule has 3 aliphatic rings. The Hall–Kier alpha value is -12.2. The van der Waals surface area contributed by atoms with Crippen molar-refractivity contribution < 1.29 is 57.9 Å². The van der Waals surface area contributed by atoms with Gasteiger partial charge >= 0.3 is 0 Å². The standard InChI is InChI=1S/C36H34N2O4.C25H21NO4.C24H19NO4/c1-3-21-41-23-19-25-9-13-27(14-10-25)37-31-17-18-32(38-28-15-11-26(12-16-28)20-24-42-22-4-2)34-33(31)35(39)29-7-5-6-8-30(29)36(34)40;1-2-14-30-15-13-16-7-9-17(10-8-16)26-20-11-12-21(27)23-22(20)24(28)18-5-3-4-6-19(18)25(23)29;1-2-13-29-14-15-7-9-16(10-8-15)25-19-11-12-20(26)22-21(19)23(27)17-5-3-4-6-18(17)24(22)28/h3-18,37-38H,1-2,19-24H2;2-12,26-27H,1,13-15H2;2-12,25-26H,1,13-14H2. The van der Waals surface area contributed by atoms with E-state index in [4.69, 9.17) is 18.9 Å². The number of carbonyl (C=O) groups is 6. The van der Waals surface area contributed by atoms with Crippen LogP contribution in [-0.4, -0.2) is 91.2 Å². The Kier molecular flexibility index (Phi) is 23.2. The Morgan fingerprint density at radius 2 is 0.505 bits per heavy atom. The molecular formula is C85H74N4O12. The molecule has 3 aliphatic carbocycles. The quantitative estimate of drug-likeness (QED) is 0.0160. The molecule has 0 saturated carbocycles. The van der Waals surface area contributed by atoms with Crippen molar-refractivity contribution in [3.8, 4) is 11.5 Å². The zero-order valence-electron chi connectivity index (χ0n) is 55.5. The third-order valence-electron chi connectivity index (χ3n) is 16.9. The summed E-state index contributed by atoms with van der Waals surface area (Å²) in [5.74, 6) is -2.04. The summed E-state index contributed by atoms with van der Waals surface area (Å²) in [4.78, 5) is 79.7. The fourth-order valence-corrected chi connectivity index (χ4v) is 12.0. The smallest absolute Gasteiger partial charge is 0.198 e. The molecule has 16 nitrogen and oxygen atoms in total. The molecule has 0 aliphatic heterocycles. The zero-order valence-corrected chi connectivity index (χ0v) is 55.5. The van der Waals surface area contributed by atoms with Crippen LogP contribution in [0.15, 0.2) is 257 Å². The molecule has 6 N–H and O–H groups in total. The number of carbonyl (C=O) groups excluding carboxylic acids is 6. The molecule has 13 rings (SSSR count). The Morgan fingerprint density at radius 3 is 0.772 bits per heavy atom. The van der Waals surface area contributed by atoms with E-state index in [2.05, 4.69) is 47.6 Å². The highest BCUT2D eigenvalue weighted by Crippen LogP contribution is 2.42. The Balaban J connectivity index is 0.000000156. The van der Waals surface area contributed by atoms with Crippen LogP contribution in [0, 0.1) is 0 Å². The first-order valence-corrected chi connectivity index (χ1v) is 32.9. The van der Waals surface area contributed by atoms with Gasteiger partial charge in [0, 0.05) is 56.1 Å². The summed E-state index contributed by atoms with van der Waals surface area (Å²) in [5.41, 5.74) is 13.0. The van der Waals surface area contributed by atoms with Crippen LogP contribution in [0.2, 0.25) is 0 Å². The first kappa shape index (κ1) is 70.1. The van der Waals surface area contributed by atoms with E-state index >= 15 is 0 Å². The van der Waals surface area contributed by atoms with Crippen molar-refractivity contribution in [2.24, 2.45) is 0 Å². The van der Waals surface area contributed by atoms with Crippen LogP contribution in [0.25, 0.3) is 0 Å². The number of rotatable bonds is 27. The summed E-state index contributed by atoms with van der Waals surface area (Å²) in [6.07, 6.45) is 9.24. The monoisotopic (exact) mass is 1340 g/mol. The van der Waals surface area contributed by atoms with E-state index in [-0.39, 0.29) is 68.5 Å². The van der Waals surface area contributed by atoms with Crippen molar-refractivity contribution in [2.45, 2.75) is 25.9 Å². The van der Waals surface area contributed by atoms with E-state index < -0.39 is 0 Å². The van der Waals surface area contributed by atoms with E-state index in [0.29, 0.717) is 120 Å². The van der Waals surface area contributed by atoms with Gasteiger partial charge in [-0.15, -0.1) is 26.3 Å². The van der Waals surface area contributed by atoms with Gasteiger partial charge in [0.15, 0.2) is 34.7 Å². The van der Waals surface area contributed by atoms with Gasteiger partial charge in [0.05, 0.1) is 109 Å². The van der Waals surface area contributed by atoms with Crippen LogP contribution in [0.4, 0.5) is 45.5 Å². The number of benzene rings is 10. The molecule has 0 aromatic heterocycles. The zero-order chi connectivity index (χ0) is 70.8. The van der Waals surface area contributed by atoms with Crippen LogP contribution >= 0.6 is 0 Å². The number of fused-ring (bicyclic) bond motifs is 6. The van der Waals surface area contributed by atoms with Crippen molar-refractivity contribution in [3.63, 3.8) is 0 Å². The summed E-state index contributed by atoms with van der Waals surface area (Å²) in [7, 11) is 0. The second-order valence-corrected chi connectivity index (χ2v) is 23.7. The number of aromatic hydroxyl groups is 2. The molecule has 0 radical (unpaired) electrons. The molecular weight excluding hydrogens is 1270 g/mol. The first-order chi connectivity index (χ1) is 49.3. The number of hydrogen-bond donors (Lipinski definition) is 6. The van der Waals surface area contributed by atoms with Crippen molar-refractivity contribution in [3.05, 3.63) is 346 Å². The highest BCUT2D eigenvalue weighted by Gasteiger charge is 2.37. The van der Waals surface area contributed by atoms with E-state index in [0.717, 1.165) is 64.3 Å². The molecule has 0 atom stereocenters. The average molecular weight is 1340 g/mol. The Morgan fingerprint density at radius 1 is 0.277 bits per heavy atom. The van der Waals surface area contributed by atoms with Crippen LogP contribution in [0.3, 0.4) is 0 Å². The van der Waals surface area contributed by atoms with Gasteiger partial charge in [-0.05, 0) is 126 Å². The molecule has 0 amide bonds. The molecule has 0 heterocycles. The second kappa shape index (κ2) is 33.4. The Bertz CT molecular complexity index is 4670. The normalized spacial score (nSPS) is 12.1. The van der Waals surface area contributed by atoms with Gasteiger partial charge in [0.2, 0.25) is 0 Å². The molecule has 0 saturated heterocycles. The lowest BCUT2D eigenvalue weighted by Crippen LogP contribution is -2.23. The number of anilines is 8. The van der Waals surface area contributed by atoms with E-state index in [1.807, 2.05) is 109 Å². The first-order valence-electron chi connectivity index (χ1n) is 32.9. The highest BCUT2D eigenvalue weighted by molar-refractivity contribution is 6.33. The molecule has 0 spiro atoms. The van der Waals surface area contributed by atoms with Gasteiger partial charge in [-0.1, -0.05) is 146 Å². The lowest BCUT2D eigenvalue weighted by Gasteiger charge is -2.24. The van der Waals surface area contributed by atoms with Crippen molar-refractivity contribution in [2.75, 3.05) is 67.5 Å². The predicted octanol–water partition coefficient (Wildman–Crippen LogP) is 16.7. The number of hydrogen-bond acceptors (Lipinski definition) is 16. The molecule has 101 heavy (non-hydrogen) atoms. The van der Waals surface area contributed by atoms with Gasteiger partial charge < -0.3 is 50.4 Å². The number of ketones is 6. The van der Waals surface area contributed by atoms with Gasteiger partial charge in [-0.25, -0.2) is 0 Å². The summed E-state index contributed by atoms with van der Waals surface area (Å²) in [6, 6.07) is 61.4. The van der Waals surface area contributed by atoms with Crippen LogP contribution < -0.4 is 21.3 Å². The summed E-state index contributed by atoms with van der Waals surface area (Å²) >= 11 is 0. The molecule has 10 aromatic carbocycles. The van der Waals surface area contributed by atoms with E-state index in [1.54, 1.807) is 109 Å². The third-order valence-corrected chi connectivity index (χ3v) is 16.9. The minimum Gasteiger partial charge on any atom is -0.507 e. The molecule has 16 heteroatoms. The van der Waals surface area contributed by atoms with Gasteiger partial charge in [0.1, 0.15) is 11.5 Å². The van der Waals surface area contributed by atoms with Gasteiger partial charge in [0.25, 0.3) is 0 Å². The van der Waals surface area contributed by atoms with E-state index in [9.17, 15) is 39.0 Å². The number of phenolic OH excluding ortho intramolecular Hbond substituents is 2. The lowest BCUT2D eigenvalue weighted by atomic mass is 9.82. The number of ether oxygens (including phenoxy) is 4. The maximum atomic E-state index is 13.8. The number of nitrogens with one attached hydrogen (secondary N) is 4. The molecule has 0 bridgehead atoms. The molecule has 506 valence electrons. The fourth-order valence-electron chi connectivity index (χ4n) is 12.0. The summed E-state index contributed by atoms with van der Waals surface area (Å²) in [5, 5.41) is 33.7. The number of phenols is 2. The van der Waals surface area contributed by atoms with Crippen LogP contribution in [-0.2, 0) is 44.8 Å². The minimum absolute atomic E-state index is 0.0353. The fraction of sp³-hybridized carbons (Fsp3) is 0.129. The lowest BCUT2D eigenvalue weighted by molar-refractivity contribution is 0.0977.